The normalized spacial score (nSPS) is 14.5. The molecule has 1 amide bonds. The number of hydrogen-bond donors (Lipinski definition) is 2. The average Bonchev–Trinajstić information content (AvgIpc) is 3.37. The summed E-state index contributed by atoms with van der Waals surface area (Å²) in [6.45, 7) is 4.52. The smallest absolute Gasteiger partial charge is 0.268 e. The number of carbonyl (C=O) groups is 1. The Morgan fingerprint density at radius 3 is 1.19 bits per heavy atom. The largest absolute Gasteiger partial charge is 0.756 e. The lowest BCUT2D eigenvalue weighted by atomic mass is 10.0. The molecule has 0 fully saturated rings. The third-order valence-corrected chi connectivity index (χ3v) is 14.5. The number of carbonyl (C=O) groups excluding carboxylic acids is 1. The zero-order valence-corrected chi connectivity index (χ0v) is 50.4. The number of quaternary nitrogens is 1. The fraction of sp³-hybridized carbons (Fsp3) is 0.742. The van der Waals surface area contributed by atoms with Crippen LogP contribution in [-0.2, 0) is 18.4 Å². The van der Waals surface area contributed by atoms with Gasteiger partial charge in [-0.15, -0.1) is 0 Å². The van der Waals surface area contributed by atoms with Crippen molar-refractivity contribution in [2.24, 2.45) is 0 Å². The molecule has 0 bridgehead atoms. The van der Waals surface area contributed by atoms with Crippen LogP contribution in [0.25, 0.3) is 0 Å². The van der Waals surface area contributed by atoms with Gasteiger partial charge in [-0.25, -0.2) is 0 Å². The fourth-order valence-corrected chi connectivity index (χ4v) is 9.45. The second-order valence-electron chi connectivity index (χ2n) is 22.0. The van der Waals surface area contributed by atoms with E-state index in [9.17, 15) is 19.4 Å². The molecule has 0 rings (SSSR count). The van der Waals surface area contributed by atoms with Crippen LogP contribution >= 0.6 is 7.82 Å². The highest BCUT2D eigenvalue weighted by molar-refractivity contribution is 7.45. The first-order valence-electron chi connectivity index (χ1n) is 31.1. The minimum Gasteiger partial charge on any atom is -0.756 e. The summed E-state index contributed by atoms with van der Waals surface area (Å²) >= 11 is 0. The lowest BCUT2D eigenvalue weighted by molar-refractivity contribution is -0.870. The summed E-state index contributed by atoms with van der Waals surface area (Å²) in [6.07, 6.45) is 80.7. The molecule has 2 N–H and O–H groups in total. The summed E-state index contributed by atoms with van der Waals surface area (Å²) in [5.74, 6) is -0.230. The Kier molecular flexibility index (Phi) is 54.2. The van der Waals surface area contributed by atoms with Crippen molar-refractivity contribution in [2.75, 3.05) is 40.9 Å². The van der Waals surface area contributed by atoms with Gasteiger partial charge in [-0.2, -0.15) is 0 Å². The number of nitrogens with one attached hydrogen (secondary N) is 1. The Morgan fingerprint density at radius 1 is 0.480 bits per heavy atom. The summed E-state index contributed by atoms with van der Waals surface area (Å²) in [7, 11) is 1.23. The second-order valence-corrected chi connectivity index (χ2v) is 23.4. The summed E-state index contributed by atoms with van der Waals surface area (Å²) in [5, 5.41) is 13.9. The molecule has 0 aromatic heterocycles. The van der Waals surface area contributed by atoms with Gasteiger partial charge in [0.05, 0.1) is 39.9 Å². The Labute approximate surface area is 464 Å². The Hall–Kier alpha value is -2.58. The van der Waals surface area contributed by atoms with Gasteiger partial charge in [0, 0.05) is 6.42 Å². The monoisotopic (exact) mass is 1070 g/mol. The quantitative estimate of drug-likeness (QED) is 0.0272. The number of phosphoric ester groups is 1. The van der Waals surface area contributed by atoms with E-state index in [2.05, 4.69) is 104 Å². The minimum atomic E-state index is -4.62. The average molecular weight is 1070 g/mol. The van der Waals surface area contributed by atoms with E-state index in [1.807, 2.05) is 27.2 Å². The minimum absolute atomic E-state index is 0.0128. The summed E-state index contributed by atoms with van der Waals surface area (Å²) < 4.78 is 23.4. The van der Waals surface area contributed by atoms with Crippen LogP contribution < -0.4 is 10.2 Å². The number of aliphatic hydroxyl groups is 1. The van der Waals surface area contributed by atoms with Gasteiger partial charge in [0.15, 0.2) is 0 Å². The molecule has 0 aliphatic rings. The number of nitrogens with zero attached hydrogens (tertiary/aromatic N) is 1. The molecule has 0 saturated carbocycles. The van der Waals surface area contributed by atoms with Crippen LogP contribution in [0, 0.1) is 0 Å². The molecule has 0 radical (unpaired) electrons. The highest BCUT2D eigenvalue weighted by atomic mass is 31.2. The summed E-state index contributed by atoms with van der Waals surface area (Å²) in [6, 6.07) is -0.913. The zero-order chi connectivity index (χ0) is 54.9. The number of likely N-dealkylation sites (N-methyl/N-ethyl adjacent to an activating group) is 1. The molecular weight excluding hydrogens is 948 g/mol. The molecule has 9 heteroatoms. The van der Waals surface area contributed by atoms with Crippen molar-refractivity contribution < 1.29 is 32.9 Å². The number of aliphatic hydroxyl groups excluding tert-OH is 1. The van der Waals surface area contributed by atoms with Crippen molar-refractivity contribution >= 4 is 13.7 Å². The highest BCUT2D eigenvalue weighted by Crippen LogP contribution is 2.38. The van der Waals surface area contributed by atoms with E-state index in [-0.39, 0.29) is 12.5 Å². The lowest BCUT2D eigenvalue weighted by Gasteiger charge is -2.29. The summed E-state index contributed by atoms with van der Waals surface area (Å²) in [4.78, 5) is 25.5. The first-order valence-corrected chi connectivity index (χ1v) is 32.6. The predicted octanol–water partition coefficient (Wildman–Crippen LogP) is 18.7. The SMILES string of the molecule is CC/C=C\C/C=C\C/C=C\C/C=C\C/C=C\C/C=C\C/C=C\CCCCCC(=O)NC(COP(=O)([O-])OCC[N+](C)(C)C)C(O)/C=C/CCCCCCCCCCCCCCCCCCCCCCCCCCCC. The van der Waals surface area contributed by atoms with Crippen LogP contribution in [0.15, 0.2) is 97.2 Å². The lowest BCUT2D eigenvalue weighted by Crippen LogP contribution is -2.45. The van der Waals surface area contributed by atoms with E-state index in [1.54, 1.807) is 6.08 Å². The number of hydrogen-bond acceptors (Lipinski definition) is 6. The number of allylic oxidation sites excluding steroid dienone is 15. The van der Waals surface area contributed by atoms with Crippen LogP contribution in [0.5, 0.6) is 0 Å². The topological polar surface area (TPSA) is 108 Å². The van der Waals surface area contributed by atoms with Crippen molar-refractivity contribution in [1.29, 1.82) is 0 Å². The van der Waals surface area contributed by atoms with E-state index in [4.69, 9.17) is 9.05 Å². The molecule has 0 spiro atoms. The first-order chi connectivity index (χ1) is 36.5. The van der Waals surface area contributed by atoms with E-state index in [0.717, 1.165) is 83.5 Å². The molecule has 0 aromatic rings. The predicted molar refractivity (Wildman–Crippen MR) is 325 cm³/mol. The maximum atomic E-state index is 13.0. The van der Waals surface area contributed by atoms with Gasteiger partial charge in [-0.3, -0.25) is 9.36 Å². The van der Waals surface area contributed by atoms with E-state index in [0.29, 0.717) is 23.9 Å². The third kappa shape index (κ3) is 58.9. The molecule has 0 saturated heterocycles. The van der Waals surface area contributed by atoms with Crippen molar-refractivity contribution in [3.63, 3.8) is 0 Å². The molecule has 3 unspecified atom stereocenters. The van der Waals surface area contributed by atoms with Gasteiger partial charge in [0.25, 0.3) is 7.82 Å². The van der Waals surface area contributed by atoms with Crippen LogP contribution in [0.2, 0.25) is 0 Å². The van der Waals surface area contributed by atoms with Crippen molar-refractivity contribution in [3.8, 4) is 0 Å². The van der Waals surface area contributed by atoms with Crippen LogP contribution in [0.3, 0.4) is 0 Å². The standard InChI is InChI=1S/C66H119N2O6P/c1-6-8-10-12-14-16-18-20-22-24-26-28-30-32-33-34-36-37-39-41-43-45-47-49-51-53-55-57-59-65(69)64(63-74-75(71,72)73-62-61-68(3,4)5)67-66(70)60-58-56-54-52-50-48-46-44-42-40-38-35-31-29-27-25-23-21-19-17-15-13-11-9-7-2/h9,11,15,17,21,23,27,29,35,38,42,44,48,50,57,59,64-65,69H,6-8,10,12-14,16,18-20,22,24-26,28,30-34,36-37,39-41,43,45-47,49,51-56,58,60-63H2,1-5H3,(H-,67,70,71,72)/b11-9-,17-15-,23-21-,29-27-,38-35-,44-42-,50-48-,59-57+. The van der Waals surface area contributed by atoms with Gasteiger partial charge in [-0.1, -0.05) is 278 Å². The van der Waals surface area contributed by atoms with Gasteiger partial charge in [0.2, 0.25) is 5.91 Å². The van der Waals surface area contributed by atoms with Gasteiger partial charge in [0.1, 0.15) is 13.2 Å². The zero-order valence-electron chi connectivity index (χ0n) is 49.5. The first kappa shape index (κ1) is 72.4. The Morgan fingerprint density at radius 2 is 0.813 bits per heavy atom. The number of unbranched alkanes of at least 4 members (excludes halogenated alkanes) is 29. The molecule has 0 aromatic carbocycles. The summed E-state index contributed by atoms with van der Waals surface area (Å²) in [5.41, 5.74) is 0. The molecule has 0 aliphatic carbocycles. The Balaban J connectivity index is 4.25. The highest BCUT2D eigenvalue weighted by Gasteiger charge is 2.23. The van der Waals surface area contributed by atoms with Crippen LogP contribution in [0.4, 0.5) is 0 Å². The van der Waals surface area contributed by atoms with E-state index < -0.39 is 26.6 Å². The second kappa shape index (κ2) is 56.2. The Bertz CT molecular complexity index is 1540. The van der Waals surface area contributed by atoms with Gasteiger partial charge in [-0.05, 0) is 77.0 Å². The van der Waals surface area contributed by atoms with Gasteiger partial charge < -0.3 is 28.8 Å². The molecule has 434 valence electrons. The van der Waals surface area contributed by atoms with Crippen molar-refractivity contribution in [2.45, 2.75) is 276 Å². The fourth-order valence-electron chi connectivity index (χ4n) is 8.72. The van der Waals surface area contributed by atoms with Gasteiger partial charge >= 0.3 is 0 Å². The third-order valence-electron chi connectivity index (χ3n) is 13.5. The molecule has 3 atom stereocenters. The number of phosphoric acid groups is 1. The maximum Gasteiger partial charge on any atom is 0.268 e. The number of rotatable bonds is 56. The maximum absolute atomic E-state index is 13.0. The molecule has 8 nitrogen and oxygen atoms in total. The van der Waals surface area contributed by atoms with E-state index in [1.165, 1.54) is 154 Å². The van der Waals surface area contributed by atoms with Crippen molar-refractivity contribution in [1.82, 2.24) is 5.32 Å². The van der Waals surface area contributed by atoms with Crippen molar-refractivity contribution in [3.05, 3.63) is 97.2 Å². The van der Waals surface area contributed by atoms with Crippen LogP contribution in [0.1, 0.15) is 264 Å². The molecular formula is C66H119N2O6P. The van der Waals surface area contributed by atoms with Crippen LogP contribution in [-0.4, -0.2) is 68.5 Å². The molecule has 0 aliphatic heterocycles. The molecule has 75 heavy (non-hydrogen) atoms. The number of amides is 1. The van der Waals surface area contributed by atoms with E-state index >= 15 is 0 Å². The molecule has 0 heterocycles.